The van der Waals surface area contributed by atoms with Gasteiger partial charge in [0.15, 0.2) is 17.3 Å². The second-order valence-electron chi connectivity index (χ2n) is 4.44. The minimum atomic E-state index is 0.554. The molecule has 0 saturated heterocycles. The molecule has 5 nitrogen and oxygen atoms in total. The Bertz CT molecular complexity index is 616. The summed E-state index contributed by atoms with van der Waals surface area (Å²) in [6.45, 7) is 0.776. The van der Waals surface area contributed by atoms with E-state index in [2.05, 4.69) is 52.9 Å². The first-order valence-corrected chi connectivity index (χ1v) is 10.1. The maximum atomic E-state index is 4.34. The number of likely N-dealkylation sites (N-methyl/N-ethyl adjacent to an activating group) is 1. The van der Waals surface area contributed by atoms with E-state index in [0.717, 1.165) is 37.5 Å². The van der Waals surface area contributed by atoms with Crippen molar-refractivity contribution < 1.29 is 33.3 Å². The molecule has 9 heteroatoms. The third kappa shape index (κ3) is 9.27. The molecule has 133 valence electrons. The maximum absolute atomic E-state index is 4.34. The fourth-order valence-corrected chi connectivity index (χ4v) is 1.75. The average molecular weight is 436 g/mol. The van der Waals surface area contributed by atoms with Crippen molar-refractivity contribution in [2.24, 2.45) is 5.10 Å². The van der Waals surface area contributed by atoms with Crippen LogP contribution in [-0.2, 0) is 31.8 Å². The molecule has 0 unspecified atom stereocenters. The summed E-state index contributed by atoms with van der Waals surface area (Å²) in [5.41, 5.74) is 5.85. The van der Waals surface area contributed by atoms with Crippen LogP contribution in [0, 0.1) is 20.2 Å². The molecule has 0 spiro atoms. The van der Waals surface area contributed by atoms with Crippen molar-refractivity contribution in [2.75, 3.05) is 13.6 Å². The molecular formula is C15H19Cl2CuN5S+2. The van der Waals surface area contributed by atoms with Crippen LogP contribution in [0.4, 0.5) is 0 Å². The standard InChI is InChI=1S/C15H17N5S.2ClH.Cu/c1-20(11-8-13-6-2-4-9-16-13)15(21)19-18-12-14-7-3-5-10-17-14;;;/h2-7,9-10,12H,8,11H2,1H3,(H,17,19,21);2*1H;/q;;;+2. The van der Waals surface area contributed by atoms with E-state index < -0.39 is 0 Å². The Labute approximate surface area is 162 Å². The van der Waals surface area contributed by atoms with E-state index in [1.807, 2.05) is 48.3 Å². The quantitative estimate of drug-likeness (QED) is 0.177. The Morgan fingerprint density at radius 1 is 1.25 bits per heavy atom. The third-order valence-electron chi connectivity index (χ3n) is 2.80. The molecular weight excluding hydrogens is 417 g/mol. The molecule has 0 amide bonds. The molecule has 2 aromatic rings. The number of aromatic nitrogens is 2. The fraction of sp³-hybridized carbons (Fsp3) is 0.200. The zero-order chi connectivity index (χ0) is 17.6. The van der Waals surface area contributed by atoms with E-state index >= 15 is 0 Å². The predicted octanol–water partition coefficient (Wildman–Crippen LogP) is 1.19. The van der Waals surface area contributed by atoms with Crippen LogP contribution >= 0.6 is 0 Å². The van der Waals surface area contributed by atoms with E-state index in [9.17, 15) is 0 Å². The zero-order valence-corrected chi connectivity index (χ0v) is 16.4. The van der Waals surface area contributed by atoms with E-state index in [0.29, 0.717) is 5.11 Å². The van der Waals surface area contributed by atoms with Gasteiger partial charge >= 0.3 is 33.3 Å². The molecule has 0 aliphatic heterocycles. The first-order valence-electron chi connectivity index (χ1n) is 6.82. The van der Waals surface area contributed by atoms with Gasteiger partial charge in [-0.3, -0.25) is 9.97 Å². The normalized spacial score (nSPS) is 10.5. The van der Waals surface area contributed by atoms with Crippen molar-refractivity contribution in [1.29, 1.82) is 0 Å². The van der Waals surface area contributed by atoms with Crippen molar-refractivity contribution >= 4 is 23.5 Å². The van der Waals surface area contributed by atoms with Gasteiger partial charge in [0.25, 0.3) is 0 Å². The number of halogens is 2. The summed E-state index contributed by atoms with van der Waals surface area (Å²) >= 11 is 5.32. The van der Waals surface area contributed by atoms with Gasteiger partial charge < -0.3 is 10.5 Å². The van der Waals surface area contributed by atoms with Crippen LogP contribution in [-0.4, -0.2) is 39.8 Å². The summed E-state index contributed by atoms with van der Waals surface area (Å²) < 4.78 is 0. The molecule has 0 saturated carbocycles. The predicted molar refractivity (Wildman–Crippen MR) is 92.3 cm³/mol. The van der Waals surface area contributed by atoms with Gasteiger partial charge in [0.2, 0.25) is 0 Å². The molecule has 2 heterocycles. The number of thiol groups is 1. The van der Waals surface area contributed by atoms with Crippen molar-refractivity contribution in [3.8, 4) is 0 Å². The van der Waals surface area contributed by atoms with Crippen molar-refractivity contribution in [1.82, 2.24) is 14.9 Å². The molecule has 0 aromatic carbocycles. The van der Waals surface area contributed by atoms with Gasteiger partial charge in [-0.2, -0.15) is 0 Å². The Kier molecular flexibility index (Phi) is 11.6. The number of rotatable bonds is 5. The molecule has 0 radical (unpaired) electrons. The fourth-order valence-electron chi connectivity index (χ4n) is 1.60. The van der Waals surface area contributed by atoms with Crippen molar-refractivity contribution in [2.45, 2.75) is 6.42 Å². The van der Waals surface area contributed by atoms with Gasteiger partial charge in [0.1, 0.15) is 0 Å². The van der Waals surface area contributed by atoms with Crippen LogP contribution < -0.4 is 0 Å². The van der Waals surface area contributed by atoms with Gasteiger partial charge in [-0.15, -0.1) is 0 Å². The molecule has 0 aliphatic carbocycles. The molecule has 0 bridgehead atoms. The number of hydrogen-bond donors (Lipinski definition) is 0. The average Bonchev–Trinajstić information content (AvgIpc) is 2.62. The van der Waals surface area contributed by atoms with Crippen LogP contribution in [0.25, 0.3) is 5.43 Å². The van der Waals surface area contributed by atoms with E-state index in [-0.39, 0.29) is 0 Å². The summed E-state index contributed by atoms with van der Waals surface area (Å²) in [5.74, 6) is 0. The van der Waals surface area contributed by atoms with E-state index in [4.69, 9.17) is 0 Å². The molecule has 0 atom stereocenters. The summed E-state index contributed by atoms with van der Waals surface area (Å²) in [6.07, 6.45) is 5.94. The van der Waals surface area contributed by atoms with E-state index in [1.165, 1.54) is 0 Å². The van der Waals surface area contributed by atoms with E-state index in [1.54, 1.807) is 18.6 Å². The first-order chi connectivity index (χ1) is 11.7. The minimum absolute atomic E-state index is 0.554. The topological polar surface area (TPSA) is 55.5 Å². The van der Waals surface area contributed by atoms with Crippen molar-refractivity contribution in [3.05, 3.63) is 65.6 Å². The van der Waals surface area contributed by atoms with Gasteiger partial charge in [0.05, 0.1) is 5.69 Å². The molecule has 0 aliphatic rings. The molecule has 2 aromatic heterocycles. The van der Waals surface area contributed by atoms with Gasteiger partial charge in [0, 0.05) is 37.3 Å². The third-order valence-corrected chi connectivity index (χ3v) is 3.23. The number of pyridine rings is 2. The number of nitrogens with zero attached hydrogens (tertiary/aromatic N) is 5. The van der Waals surface area contributed by atoms with Crippen LogP contribution in [0.1, 0.15) is 11.4 Å². The molecule has 2 rings (SSSR count). The van der Waals surface area contributed by atoms with Crippen LogP contribution in [0.2, 0.25) is 0 Å². The Morgan fingerprint density at radius 3 is 2.50 bits per heavy atom. The Hall–Kier alpha value is -1.08. The zero-order valence-electron chi connectivity index (χ0n) is 12.9. The Morgan fingerprint density at radius 2 is 1.92 bits per heavy atom. The summed E-state index contributed by atoms with van der Waals surface area (Å²) in [4.78, 5) is 10.3. The molecule has 24 heavy (non-hydrogen) atoms. The van der Waals surface area contributed by atoms with Crippen LogP contribution in [0.15, 0.2) is 53.9 Å². The van der Waals surface area contributed by atoms with Crippen LogP contribution in [0.5, 0.6) is 0 Å². The van der Waals surface area contributed by atoms with Gasteiger partial charge in [-0.1, -0.05) is 12.1 Å². The summed E-state index contributed by atoms with van der Waals surface area (Å²) in [5, 5.41) is 4.54. The SMILES string of the molecule is CN(CCc1ccccn1)C(=[SH+])[N-]N=Cc1ccccn1.[ClH+][Cu][ClH+]. The van der Waals surface area contributed by atoms with Crippen molar-refractivity contribution in [3.63, 3.8) is 0 Å². The molecule has 0 fully saturated rings. The summed E-state index contributed by atoms with van der Waals surface area (Å²) in [7, 11) is 10.2. The van der Waals surface area contributed by atoms with Crippen LogP contribution in [0.3, 0.4) is 0 Å². The first kappa shape index (κ1) is 21.0. The summed E-state index contributed by atoms with van der Waals surface area (Å²) in [6, 6.07) is 11.5. The monoisotopic (exact) mass is 434 g/mol. The van der Waals surface area contributed by atoms with Gasteiger partial charge in [-0.05, 0) is 31.3 Å². The molecule has 0 N–H and O–H groups in total. The van der Waals surface area contributed by atoms with Gasteiger partial charge in [-0.25, -0.2) is 4.90 Å². The Balaban J connectivity index is 0.000000891. The second-order valence-corrected chi connectivity index (χ2v) is 6.66. The second kappa shape index (κ2) is 13.2. The number of hydrogen-bond acceptors (Lipinski definition) is 3.